The molecule has 0 N–H and O–H groups in total. The van der Waals surface area contributed by atoms with Gasteiger partial charge in [-0.2, -0.15) is 0 Å². The smallest absolute Gasteiger partial charge is 0.399 e. The summed E-state index contributed by atoms with van der Waals surface area (Å²) in [5.74, 6) is 0.142. The Morgan fingerprint density at radius 1 is 1.03 bits per heavy atom. The zero-order valence-electron chi connectivity index (χ0n) is 20.0. The maximum Gasteiger partial charge on any atom is 0.496 e. The molecule has 6 nitrogen and oxygen atoms in total. The summed E-state index contributed by atoms with van der Waals surface area (Å²) < 4.78 is 18.2. The van der Waals surface area contributed by atoms with E-state index in [-0.39, 0.29) is 23.8 Å². The summed E-state index contributed by atoms with van der Waals surface area (Å²) in [5.41, 5.74) is 1.88. The van der Waals surface area contributed by atoms with Crippen molar-refractivity contribution < 1.29 is 18.8 Å². The summed E-state index contributed by atoms with van der Waals surface area (Å²) in [4.78, 5) is 20.4. The zero-order valence-corrected chi connectivity index (χ0v) is 20.0. The molecule has 0 amide bonds. The summed E-state index contributed by atoms with van der Waals surface area (Å²) in [6.45, 7) is 10.4. The summed E-state index contributed by atoms with van der Waals surface area (Å²) in [7, 11) is -0.518. The number of Topliss-reactive ketones (excluding diaryl/α,β-unsaturated/α-hetero) is 1. The van der Waals surface area contributed by atoms with E-state index in [9.17, 15) is 4.79 Å². The van der Waals surface area contributed by atoms with Gasteiger partial charge in [0.2, 0.25) is 0 Å². The van der Waals surface area contributed by atoms with Crippen LogP contribution >= 0.6 is 0 Å². The van der Waals surface area contributed by atoms with Crippen molar-refractivity contribution in [3.63, 3.8) is 0 Å². The Labute approximate surface area is 196 Å². The van der Waals surface area contributed by atoms with Gasteiger partial charge in [-0.15, -0.1) is 0 Å². The fourth-order valence-electron chi connectivity index (χ4n) is 5.19. The van der Waals surface area contributed by atoms with Crippen LogP contribution in [0.5, 0.6) is 0 Å². The van der Waals surface area contributed by atoms with Crippen LogP contribution in [0.3, 0.4) is 0 Å². The maximum atomic E-state index is 13.5. The van der Waals surface area contributed by atoms with Gasteiger partial charge in [0.15, 0.2) is 5.78 Å². The topological polar surface area (TPSA) is 60.9 Å². The van der Waals surface area contributed by atoms with Crippen molar-refractivity contribution in [2.24, 2.45) is 5.92 Å². The third kappa shape index (κ3) is 4.39. The molecule has 2 unspecified atom stereocenters. The number of hydrogen-bond acceptors (Lipinski definition) is 6. The normalized spacial score (nSPS) is 28.6. The van der Waals surface area contributed by atoms with Crippen LogP contribution in [0.15, 0.2) is 48.8 Å². The fourth-order valence-corrected chi connectivity index (χ4v) is 5.19. The average molecular weight is 448 g/mol. The van der Waals surface area contributed by atoms with Crippen LogP contribution < -0.4 is 5.46 Å². The molecule has 4 heterocycles. The standard InChI is InChI=1S/C26H33BN2O4/c1-25(2)26(3,4)33-27(32-25)21-10-20(13-28-14-21)24(30)19-11-22-16-31-17-23(12-19)29(22)15-18-8-6-5-7-9-18/h5-10,13-14,19,22-23H,11-12,15-17H2,1-4H3. The van der Waals surface area contributed by atoms with Crippen LogP contribution in [0.2, 0.25) is 0 Å². The molecule has 174 valence electrons. The molecule has 0 radical (unpaired) electrons. The second kappa shape index (κ2) is 8.62. The first-order valence-corrected chi connectivity index (χ1v) is 12.0. The number of nitrogens with zero attached hydrogens (tertiary/aromatic N) is 2. The van der Waals surface area contributed by atoms with E-state index in [1.54, 1.807) is 12.4 Å². The van der Waals surface area contributed by atoms with Gasteiger partial charge in [-0.1, -0.05) is 30.3 Å². The van der Waals surface area contributed by atoms with Gasteiger partial charge in [0.1, 0.15) is 0 Å². The number of morpholine rings is 1. The molecule has 7 heteroatoms. The number of pyridine rings is 1. The minimum atomic E-state index is -0.518. The molecule has 1 aromatic heterocycles. The molecule has 3 fully saturated rings. The Morgan fingerprint density at radius 2 is 1.67 bits per heavy atom. The highest BCUT2D eigenvalue weighted by atomic mass is 16.7. The molecular formula is C26H33BN2O4. The fraction of sp³-hybridized carbons (Fsp3) is 0.538. The first-order chi connectivity index (χ1) is 15.7. The van der Waals surface area contributed by atoms with Gasteiger partial charge >= 0.3 is 7.12 Å². The highest BCUT2D eigenvalue weighted by Crippen LogP contribution is 2.37. The monoisotopic (exact) mass is 448 g/mol. The number of aromatic nitrogens is 1. The van der Waals surface area contributed by atoms with E-state index in [1.165, 1.54) is 5.56 Å². The molecule has 2 aromatic rings. The van der Waals surface area contributed by atoms with Gasteiger partial charge in [-0.3, -0.25) is 14.7 Å². The maximum absolute atomic E-state index is 13.5. The molecule has 2 atom stereocenters. The lowest BCUT2D eigenvalue weighted by Crippen LogP contribution is -2.57. The van der Waals surface area contributed by atoms with E-state index < -0.39 is 18.3 Å². The molecule has 3 saturated heterocycles. The second-order valence-corrected chi connectivity index (χ2v) is 10.6. The van der Waals surface area contributed by atoms with Gasteiger partial charge in [0.25, 0.3) is 0 Å². The molecule has 1 aromatic carbocycles. The summed E-state index contributed by atoms with van der Waals surface area (Å²) in [6.07, 6.45) is 5.04. The number of ketones is 1. The van der Waals surface area contributed by atoms with E-state index in [0.29, 0.717) is 18.8 Å². The Kier molecular flexibility index (Phi) is 5.94. The molecule has 3 aliphatic heterocycles. The molecule has 0 aliphatic carbocycles. The Bertz CT molecular complexity index is 982. The molecule has 2 bridgehead atoms. The van der Waals surface area contributed by atoms with Gasteiger partial charge in [0.05, 0.1) is 24.4 Å². The van der Waals surface area contributed by atoms with Crippen molar-refractivity contribution in [3.8, 4) is 0 Å². The number of carbonyl (C=O) groups excluding carboxylic acids is 1. The van der Waals surface area contributed by atoms with Crippen LogP contribution in [-0.4, -0.2) is 59.3 Å². The summed E-state index contributed by atoms with van der Waals surface area (Å²) in [6, 6.07) is 13.0. The van der Waals surface area contributed by atoms with Crippen LogP contribution in [0, 0.1) is 5.92 Å². The zero-order chi connectivity index (χ0) is 23.2. The number of fused-ring (bicyclic) bond motifs is 2. The lowest BCUT2D eigenvalue weighted by molar-refractivity contribution is -0.0872. The van der Waals surface area contributed by atoms with Crippen LogP contribution in [0.25, 0.3) is 0 Å². The second-order valence-electron chi connectivity index (χ2n) is 10.6. The van der Waals surface area contributed by atoms with E-state index >= 15 is 0 Å². The quantitative estimate of drug-likeness (QED) is 0.517. The van der Waals surface area contributed by atoms with Gasteiger partial charge in [-0.25, -0.2) is 0 Å². The number of hydrogen-bond donors (Lipinski definition) is 0. The predicted molar refractivity (Wildman–Crippen MR) is 127 cm³/mol. The minimum Gasteiger partial charge on any atom is -0.399 e. The number of ether oxygens (including phenoxy) is 1. The van der Waals surface area contributed by atoms with Crippen LogP contribution in [0.1, 0.15) is 56.5 Å². The van der Waals surface area contributed by atoms with E-state index in [1.807, 2.05) is 39.8 Å². The predicted octanol–water partition coefficient (Wildman–Crippen LogP) is 3.24. The van der Waals surface area contributed by atoms with Crippen molar-refractivity contribution in [2.45, 2.75) is 70.4 Å². The number of benzene rings is 1. The van der Waals surface area contributed by atoms with Gasteiger partial charge < -0.3 is 14.0 Å². The van der Waals surface area contributed by atoms with Crippen molar-refractivity contribution in [1.29, 1.82) is 0 Å². The summed E-state index contributed by atoms with van der Waals surface area (Å²) in [5, 5.41) is 0. The van der Waals surface area contributed by atoms with Gasteiger partial charge in [-0.05, 0) is 52.2 Å². The molecule has 0 spiro atoms. The lowest BCUT2D eigenvalue weighted by atomic mass is 9.77. The first-order valence-electron chi connectivity index (χ1n) is 12.0. The van der Waals surface area contributed by atoms with E-state index in [2.05, 4.69) is 34.1 Å². The van der Waals surface area contributed by atoms with Crippen LogP contribution in [-0.2, 0) is 20.6 Å². The van der Waals surface area contributed by atoms with E-state index in [4.69, 9.17) is 14.0 Å². The highest BCUT2D eigenvalue weighted by molar-refractivity contribution is 6.62. The first kappa shape index (κ1) is 22.7. The van der Waals surface area contributed by atoms with Crippen molar-refractivity contribution >= 4 is 18.4 Å². The number of carbonyl (C=O) groups is 1. The lowest BCUT2D eigenvalue weighted by Gasteiger charge is -2.48. The van der Waals surface area contributed by atoms with Crippen molar-refractivity contribution in [1.82, 2.24) is 9.88 Å². The van der Waals surface area contributed by atoms with Crippen molar-refractivity contribution in [3.05, 3.63) is 59.9 Å². The third-order valence-electron chi connectivity index (χ3n) is 7.82. The molecular weight excluding hydrogens is 415 g/mol. The third-order valence-corrected chi connectivity index (χ3v) is 7.82. The summed E-state index contributed by atoms with van der Waals surface area (Å²) >= 11 is 0. The van der Waals surface area contributed by atoms with Crippen molar-refractivity contribution in [2.75, 3.05) is 13.2 Å². The molecule has 33 heavy (non-hydrogen) atoms. The highest BCUT2D eigenvalue weighted by Gasteiger charge is 2.52. The molecule has 0 saturated carbocycles. The molecule has 3 aliphatic rings. The SMILES string of the molecule is CC1(C)OB(c2cncc(C(=O)C3CC4COCC(C3)N4Cc3ccccc3)c2)OC1(C)C. The van der Waals surface area contributed by atoms with Crippen LogP contribution in [0.4, 0.5) is 0 Å². The van der Waals surface area contributed by atoms with Gasteiger partial charge in [0, 0.05) is 48.0 Å². The number of rotatable bonds is 5. The minimum absolute atomic E-state index is 0.0220. The Morgan fingerprint density at radius 3 is 2.30 bits per heavy atom. The largest absolute Gasteiger partial charge is 0.496 e. The molecule has 5 rings (SSSR count). The average Bonchev–Trinajstić information content (AvgIpc) is 3.01. The van der Waals surface area contributed by atoms with E-state index in [0.717, 1.165) is 24.8 Å². The number of piperidine rings is 1. The Hall–Kier alpha value is -2.06. The Balaban J connectivity index is 1.30.